The van der Waals surface area contributed by atoms with E-state index in [1.165, 1.54) is 12.1 Å². The lowest BCUT2D eigenvalue weighted by molar-refractivity contribution is -0.438. The van der Waals surface area contributed by atoms with Crippen LogP contribution in [0.4, 0.5) is 11.4 Å². The summed E-state index contributed by atoms with van der Waals surface area (Å²) in [5, 5.41) is 30.7. The van der Waals surface area contributed by atoms with Crippen molar-refractivity contribution in [2.75, 3.05) is 18.0 Å². The second-order valence-corrected chi connectivity index (χ2v) is 16.0. The number of carboxylic acids is 2. The minimum Gasteiger partial charge on any atom is -0.481 e. The van der Waals surface area contributed by atoms with Gasteiger partial charge in [-0.3, -0.25) is 14.1 Å². The van der Waals surface area contributed by atoms with Crippen LogP contribution >= 0.6 is 12.0 Å². The van der Waals surface area contributed by atoms with Gasteiger partial charge in [0, 0.05) is 65.2 Å². The van der Waals surface area contributed by atoms with Crippen molar-refractivity contribution in [2.45, 2.75) is 107 Å². The number of hydrogen-bond acceptors (Lipinski definition) is 9. The SMILES string of the molecule is CC(=C\C1=[N+](CCCCCC(=O)O)c2ccc(SOOO)cc2C1(C)C)/C=C1/N(CCCCCC(=O)O)c2ccc(S(=O)(=O)O)cc2C1(C)C. The van der Waals surface area contributed by atoms with E-state index < -0.39 is 32.9 Å². The quantitative estimate of drug-likeness (QED) is 0.0295. The molecule has 2 heterocycles. The molecule has 0 aliphatic carbocycles. The first-order valence-corrected chi connectivity index (χ1v) is 18.8. The summed E-state index contributed by atoms with van der Waals surface area (Å²) in [6.45, 7) is 11.6. The molecule has 4 N–H and O–H groups in total. The largest absolute Gasteiger partial charge is 0.481 e. The molecule has 0 saturated carbocycles. The summed E-state index contributed by atoms with van der Waals surface area (Å²) in [6.07, 6.45) is 8.60. The zero-order valence-corrected chi connectivity index (χ0v) is 30.8. The van der Waals surface area contributed by atoms with Gasteiger partial charge in [-0.1, -0.05) is 25.3 Å². The molecule has 0 aromatic heterocycles. The van der Waals surface area contributed by atoms with E-state index in [0.717, 1.165) is 75.7 Å². The lowest BCUT2D eigenvalue weighted by atomic mass is 9.80. The van der Waals surface area contributed by atoms with Crippen molar-refractivity contribution in [3.05, 3.63) is 70.9 Å². The molecule has 12 nitrogen and oxygen atoms in total. The average Bonchev–Trinajstić information content (AvgIpc) is 3.37. The number of rotatable bonds is 18. The van der Waals surface area contributed by atoms with Gasteiger partial charge >= 0.3 is 11.9 Å². The Bertz CT molecular complexity index is 1810. The van der Waals surface area contributed by atoms with E-state index in [4.69, 9.17) is 19.8 Å². The summed E-state index contributed by atoms with van der Waals surface area (Å²) < 4.78 is 41.0. The number of unbranched alkanes of at least 4 members (excludes halogenated alkanes) is 4. The molecule has 50 heavy (non-hydrogen) atoms. The Morgan fingerprint density at radius 3 is 2.18 bits per heavy atom. The van der Waals surface area contributed by atoms with Crippen LogP contribution in [0.25, 0.3) is 0 Å². The van der Waals surface area contributed by atoms with Gasteiger partial charge in [0.05, 0.1) is 22.4 Å². The second-order valence-electron chi connectivity index (χ2n) is 13.8. The van der Waals surface area contributed by atoms with Crippen molar-refractivity contribution < 1.29 is 52.0 Å². The Morgan fingerprint density at radius 2 is 1.56 bits per heavy atom. The molecule has 0 spiro atoms. The number of anilines is 1. The molecule has 0 saturated heterocycles. The normalized spacial score (nSPS) is 17.4. The number of carboxylic acid groups (broad SMARTS) is 2. The highest BCUT2D eigenvalue weighted by molar-refractivity contribution is 7.94. The third kappa shape index (κ3) is 9.03. The van der Waals surface area contributed by atoms with Gasteiger partial charge in [-0.15, -0.1) is 4.33 Å². The number of aliphatic carboxylic acids is 2. The maximum Gasteiger partial charge on any atom is 0.303 e. The van der Waals surface area contributed by atoms with Crippen LogP contribution in [0.1, 0.15) is 97.1 Å². The van der Waals surface area contributed by atoms with E-state index in [2.05, 4.69) is 40.5 Å². The van der Waals surface area contributed by atoms with Crippen LogP contribution in [0.15, 0.2) is 69.6 Å². The maximum atomic E-state index is 12.1. The van der Waals surface area contributed by atoms with Crippen molar-refractivity contribution >= 4 is 51.2 Å². The smallest absolute Gasteiger partial charge is 0.303 e. The molecular weight excluding hydrogens is 685 g/mol. The Hall–Kier alpha value is -3.53. The highest BCUT2D eigenvalue weighted by atomic mass is 32.2. The van der Waals surface area contributed by atoms with Gasteiger partial charge in [-0.05, 0) is 94.0 Å². The Morgan fingerprint density at radius 1 is 0.900 bits per heavy atom. The highest BCUT2D eigenvalue weighted by Gasteiger charge is 2.45. The topological polar surface area (TPSA) is 174 Å². The number of allylic oxidation sites excluding steroid dienone is 4. The first-order chi connectivity index (χ1) is 23.5. The van der Waals surface area contributed by atoms with Crippen LogP contribution in [0.2, 0.25) is 0 Å². The number of benzene rings is 2. The summed E-state index contributed by atoms with van der Waals surface area (Å²) >= 11 is 0.891. The fourth-order valence-electron chi connectivity index (χ4n) is 6.90. The van der Waals surface area contributed by atoms with Gasteiger partial charge in [0.1, 0.15) is 6.54 Å². The maximum absolute atomic E-state index is 12.1. The van der Waals surface area contributed by atoms with E-state index in [1.54, 1.807) is 6.07 Å². The number of hydrogen-bond donors (Lipinski definition) is 4. The van der Waals surface area contributed by atoms with E-state index in [9.17, 15) is 22.6 Å². The minimum atomic E-state index is -4.42. The first kappa shape index (κ1) is 39.3. The van der Waals surface area contributed by atoms with Gasteiger partial charge in [0.15, 0.2) is 5.71 Å². The molecule has 2 aliphatic rings. The third-order valence-corrected chi connectivity index (χ3v) is 10.9. The molecule has 0 radical (unpaired) electrons. The minimum absolute atomic E-state index is 0.0968. The highest BCUT2D eigenvalue weighted by Crippen LogP contribution is 2.49. The monoisotopic (exact) mass is 731 g/mol. The van der Waals surface area contributed by atoms with E-state index in [0.29, 0.717) is 32.4 Å². The molecular formula is C36H47N2O10S2+. The fraction of sp³-hybridized carbons (Fsp3) is 0.472. The molecule has 2 aromatic rings. The lowest BCUT2D eigenvalue weighted by Gasteiger charge is -2.27. The van der Waals surface area contributed by atoms with Crippen LogP contribution < -0.4 is 4.90 Å². The van der Waals surface area contributed by atoms with Crippen LogP contribution in [-0.4, -0.2) is 63.8 Å². The Labute approximate surface area is 297 Å². The van der Waals surface area contributed by atoms with E-state index >= 15 is 0 Å². The zero-order valence-electron chi connectivity index (χ0n) is 29.1. The number of fused-ring (bicyclic) bond motifs is 2. The summed E-state index contributed by atoms with van der Waals surface area (Å²) in [4.78, 5) is 24.9. The molecule has 0 bridgehead atoms. The van der Waals surface area contributed by atoms with Gasteiger partial charge in [-0.2, -0.15) is 13.0 Å². The third-order valence-electron chi connectivity index (χ3n) is 9.46. The fourth-order valence-corrected chi connectivity index (χ4v) is 7.80. The van der Waals surface area contributed by atoms with E-state index in [1.807, 2.05) is 39.0 Å². The van der Waals surface area contributed by atoms with Gasteiger partial charge in [0.2, 0.25) is 5.69 Å². The Kier molecular flexibility index (Phi) is 12.7. The predicted molar refractivity (Wildman–Crippen MR) is 191 cm³/mol. The zero-order chi connectivity index (χ0) is 36.9. The van der Waals surface area contributed by atoms with Gasteiger partial charge < -0.3 is 15.1 Å². The standard InChI is InChI=1S/C36H46N2O10S2/c1-24(20-31-35(2,3)27-22-25(49-48-47-43)14-16-29(27)37(31)18-10-6-8-12-33(39)40)21-32-36(4,5)28-23-26(50(44,45)46)15-17-30(28)38(32)19-11-7-9-13-34(41)42/h14-17,20-23H,6-13,18-19H2,1-5H3,(H3-,39,40,41,42,43,44,45,46)/p+1. The molecule has 2 aliphatic heterocycles. The molecule has 0 atom stereocenters. The summed E-state index contributed by atoms with van der Waals surface area (Å²) in [5.74, 6) is -1.64. The van der Waals surface area contributed by atoms with Crippen molar-refractivity contribution in [1.29, 1.82) is 0 Å². The summed E-state index contributed by atoms with van der Waals surface area (Å²) in [5.41, 5.74) is 5.53. The van der Waals surface area contributed by atoms with Gasteiger partial charge in [-0.25, -0.2) is 5.26 Å². The van der Waals surface area contributed by atoms with Crippen LogP contribution in [0.3, 0.4) is 0 Å². The number of nitrogens with zero attached hydrogens (tertiary/aromatic N) is 2. The summed E-state index contributed by atoms with van der Waals surface area (Å²) in [7, 11) is -4.42. The van der Waals surface area contributed by atoms with Crippen molar-refractivity contribution in [3.63, 3.8) is 0 Å². The Balaban J connectivity index is 1.76. The summed E-state index contributed by atoms with van der Waals surface area (Å²) in [6, 6.07) is 10.5. The van der Waals surface area contributed by atoms with Crippen LogP contribution in [0, 0.1) is 0 Å². The molecule has 2 aromatic carbocycles. The molecule has 14 heteroatoms. The van der Waals surface area contributed by atoms with E-state index in [-0.39, 0.29) is 17.7 Å². The lowest BCUT2D eigenvalue weighted by Crippen LogP contribution is -2.29. The molecule has 0 unspecified atom stereocenters. The first-order valence-electron chi connectivity index (χ1n) is 16.7. The van der Waals surface area contributed by atoms with Crippen LogP contribution in [-0.2, 0) is 39.9 Å². The van der Waals surface area contributed by atoms with Crippen LogP contribution in [0.5, 0.6) is 0 Å². The molecule has 0 fully saturated rings. The molecule has 4 rings (SSSR count). The second kappa shape index (κ2) is 16.2. The van der Waals surface area contributed by atoms with Gasteiger partial charge in [0.25, 0.3) is 10.1 Å². The number of carbonyl (C=O) groups is 2. The van der Waals surface area contributed by atoms with Crippen molar-refractivity contribution in [1.82, 2.24) is 0 Å². The predicted octanol–water partition coefficient (Wildman–Crippen LogP) is 7.66. The molecule has 0 amide bonds. The van der Waals surface area contributed by atoms with Crippen molar-refractivity contribution in [2.24, 2.45) is 0 Å². The van der Waals surface area contributed by atoms with Crippen molar-refractivity contribution in [3.8, 4) is 0 Å². The average molecular weight is 732 g/mol. The molecule has 272 valence electrons.